The number of aromatic nitrogens is 2. The molecule has 0 fully saturated rings. The Balaban J connectivity index is 1.65. The molecule has 3 aromatic rings. The number of carbonyl (C=O) groups is 2. The Morgan fingerprint density at radius 2 is 1.96 bits per heavy atom. The summed E-state index contributed by atoms with van der Waals surface area (Å²) in [5.41, 5.74) is 2.19. The summed E-state index contributed by atoms with van der Waals surface area (Å²) >= 11 is 5.96. The Morgan fingerprint density at radius 3 is 2.73 bits per heavy atom. The molecule has 1 aromatic heterocycles. The van der Waals surface area contributed by atoms with E-state index in [4.69, 9.17) is 11.6 Å². The van der Waals surface area contributed by atoms with Crippen molar-refractivity contribution in [2.45, 2.75) is 12.5 Å². The van der Waals surface area contributed by atoms with E-state index in [-0.39, 0.29) is 18.2 Å². The number of fused-ring (bicyclic) bond motifs is 1. The van der Waals surface area contributed by atoms with E-state index in [2.05, 4.69) is 15.7 Å². The van der Waals surface area contributed by atoms with Crippen LogP contribution in [0.25, 0.3) is 11.3 Å². The van der Waals surface area contributed by atoms with E-state index in [9.17, 15) is 9.59 Å². The molecule has 26 heavy (non-hydrogen) atoms. The molecule has 0 spiro atoms. The van der Waals surface area contributed by atoms with Gasteiger partial charge < -0.3 is 10.6 Å². The molecule has 0 bridgehead atoms. The number of amides is 2. The van der Waals surface area contributed by atoms with Crippen molar-refractivity contribution in [1.82, 2.24) is 9.78 Å². The maximum absolute atomic E-state index is 12.7. The van der Waals surface area contributed by atoms with E-state index in [0.717, 1.165) is 5.56 Å². The zero-order valence-corrected chi connectivity index (χ0v) is 14.4. The van der Waals surface area contributed by atoms with Gasteiger partial charge in [0.2, 0.25) is 11.8 Å². The first kappa shape index (κ1) is 16.4. The molecule has 2 heterocycles. The van der Waals surface area contributed by atoms with Crippen LogP contribution in [0.2, 0.25) is 5.02 Å². The fourth-order valence-corrected chi connectivity index (χ4v) is 3.12. The van der Waals surface area contributed by atoms with E-state index >= 15 is 0 Å². The smallest absolute Gasteiger partial charge is 0.249 e. The van der Waals surface area contributed by atoms with Gasteiger partial charge in [0, 0.05) is 22.3 Å². The first-order chi connectivity index (χ1) is 12.6. The van der Waals surface area contributed by atoms with E-state index in [1.54, 1.807) is 35.0 Å². The molecule has 0 radical (unpaired) electrons. The molecule has 2 N–H and O–H groups in total. The Labute approximate surface area is 154 Å². The lowest BCUT2D eigenvalue weighted by Crippen LogP contribution is -2.35. The third-order valence-corrected chi connectivity index (χ3v) is 4.38. The lowest BCUT2D eigenvalue weighted by atomic mass is 10.1. The van der Waals surface area contributed by atoms with Crippen LogP contribution in [-0.4, -0.2) is 21.6 Å². The van der Waals surface area contributed by atoms with E-state index in [1.807, 2.05) is 30.3 Å². The summed E-state index contributed by atoms with van der Waals surface area (Å²) in [5.74, 6) is -0.0271. The first-order valence-electron chi connectivity index (χ1n) is 8.11. The summed E-state index contributed by atoms with van der Waals surface area (Å²) in [4.78, 5) is 24.8. The molecular weight excluding hydrogens is 352 g/mol. The normalized spacial score (nSPS) is 15.9. The number of benzene rings is 2. The quantitative estimate of drug-likeness (QED) is 0.741. The molecule has 0 saturated heterocycles. The Hall–Kier alpha value is -3.12. The third-order valence-electron chi connectivity index (χ3n) is 4.14. The van der Waals surface area contributed by atoms with Crippen LogP contribution in [0, 0.1) is 0 Å². The second kappa shape index (κ2) is 6.65. The van der Waals surface area contributed by atoms with Gasteiger partial charge in [-0.15, -0.1) is 0 Å². The molecule has 2 amide bonds. The van der Waals surface area contributed by atoms with Crippen molar-refractivity contribution in [1.29, 1.82) is 0 Å². The number of hydrogen-bond acceptors (Lipinski definition) is 3. The van der Waals surface area contributed by atoms with Crippen molar-refractivity contribution in [3.63, 3.8) is 0 Å². The fraction of sp³-hybridized carbons (Fsp3) is 0.105. The average Bonchev–Trinajstić information content (AvgIpc) is 3.05. The van der Waals surface area contributed by atoms with Gasteiger partial charge in [0.25, 0.3) is 0 Å². The van der Waals surface area contributed by atoms with Gasteiger partial charge in [-0.1, -0.05) is 48.0 Å². The van der Waals surface area contributed by atoms with Crippen molar-refractivity contribution in [3.8, 4) is 11.3 Å². The van der Waals surface area contributed by atoms with Crippen molar-refractivity contribution < 1.29 is 9.59 Å². The van der Waals surface area contributed by atoms with Gasteiger partial charge in [-0.3, -0.25) is 9.59 Å². The van der Waals surface area contributed by atoms with Crippen LogP contribution >= 0.6 is 11.6 Å². The predicted octanol–water partition coefficient (Wildman–Crippen LogP) is 3.73. The lowest BCUT2D eigenvalue weighted by Gasteiger charge is -2.23. The highest BCUT2D eigenvalue weighted by atomic mass is 35.5. The fourth-order valence-electron chi connectivity index (χ4n) is 2.93. The minimum Gasteiger partial charge on any atom is -0.324 e. The predicted molar refractivity (Wildman–Crippen MR) is 100 cm³/mol. The van der Waals surface area contributed by atoms with Crippen LogP contribution in [0.5, 0.6) is 0 Å². The third kappa shape index (κ3) is 3.19. The van der Waals surface area contributed by atoms with Crippen LogP contribution in [0.4, 0.5) is 11.5 Å². The maximum atomic E-state index is 12.7. The topological polar surface area (TPSA) is 76.0 Å². The Bertz CT molecular complexity index is 984. The van der Waals surface area contributed by atoms with Crippen molar-refractivity contribution >= 4 is 34.9 Å². The molecule has 1 aliphatic rings. The lowest BCUT2D eigenvalue weighted by molar-refractivity contribution is -0.125. The molecule has 0 unspecified atom stereocenters. The summed E-state index contributed by atoms with van der Waals surface area (Å²) in [7, 11) is 0. The van der Waals surface area contributed by atoms with Crippen molar-refractivity contribution in [2.75, 3.05) is 10.6 Å². The van der Waals surface area contributed by atoms with Crippen molar-refractivity contribution in [3.05, 3.63) is 65.7 Å². The summed E-state index contributed by atoms with van der Waals surface area (Å²) < 4.78 is 1.56. The minimum absolute atomic E-state index is 0.0231. The zero-order valence-electron chi connectivity index (χ0n) is 13.6. The van der Waals surface area contributed by atoms with Gasteiger partial charge in [0.1, 0.15) is 11.9 Å². The molecule has 130 valence electrons. The summed E-state index contributed by atoms with van der Waals surface area (Å²) in [6.45, 7) is 0. The highest BCUT2D eigenvalue weighted by molar-refractivity contribution is 6.30. The number of rotatable bonds is 3. The molecule has 0 saturated carbocycles. The van der Waals surface area contributed by atoms with E-state index in [1.165, 1.54) is 0 Å². The number of nitrogens with one attached hydrogen (secondary N) is 2. The van der Waals surface area contributed by atoms with E-state index < -0.39 is 6.04 Å². The number of anilines is 2. The van der Waals surface area contributed by atoms with E-state index in [0.29, 0.717) is 22.2 Å². The highest BCUT2D eigenvalue weighted by Gasteiger charge is 2.32. The standard InChI is InChI=1S/C19H15ClN4O2/c20-13-7-4-8-14(9-13)21-19(26)16-11-18(25)22-17-10-15(23-24(16)17)12-5-2-1-3-6-12/h1-10,16H,11H2,(H,21,26)(H,22,25)/t16-/m0/s1. The summed E-state index contributed by atoms with van der Waals surface area (Å²) in [6.07, 6.45) is 0.0231. The van der Waals surface area contributed by atoms with Crippen LogP contribution in [0.15, 0.2) is 60.7 Å². The molecule has 1 atom stereocenters. The maximum Gasteiger partial charge on any atom is 0.249 e. The number of carbonyl (C=O) groups excluding carboxylic acids is 2. The van der Waals surface area contributed by atoms with Gasteiger partial charge >= 0.3 is 0 Å². The molecule has 7 heteroatoms. The van der Waals surface area contributed by atoms with Gasteiger partial charge in [0.15, 0.2) is 0 Å². The monoisotopic (exact) mass is 366 g/mol. The SMILES string of the molecule is O=C1C[C@@H](C(=O)Nc2cccc(Cl)c2)n2nc(-c3ccccc3)cc2N1. The Morgan fingerprint density at radius 1 is 1.15 bits per heavy atom. The average molecular weight is 367 g/mol. The second-order valence-electron chi connectivity index (χ2n) is 5.99. The number of hydrogen-bond donors (Lipinski definition) is 2. The van der Waals surface area contributed by atoms with Gasteiger partial charge in [0.05, 0.1) is 12.1 Å². The highest BCUT2D eigenvalue weighted by Crippen LogP contribution is 2.30. The zero-order chi connectivity index (χ0) is 18.1. The van der Waals surface area contributed by atoms with Gasteiger partial charge in [-0.25, -0.2) is 4.68 Å². The molecule has 0 aliphatic carbocycles. The molecule has 6 nitrogen and oxygen atoms in total. The Kier molecular flexibility index (Phi) is 4.18. The van der Waals surface area contributed by atoms with Crippen molar-refractivity contribution in [2.24, 2.45) is 0 Å². The largest absolute Gasteiger partial charge is 0.324 e. The number of halogens is 1. The molecule has 2 aromatic carbocycles. The summed E-state index contributed by atoms with van der Waals surface area (Å²) in [6, 6.07) is 17.5. The van der Waals surface area contributed by atoms with Gasteiger partial charge in [-0.2, -0.15) is 5.10 Å². The molecule has 1 aliphatic heterocycles. The minimum atomic E-state index is -0.727. The molecule has 4 rings (SSSR count). The molecular formula is C19H15ClN4O2. The summed E-state index contributed by atoms with van der Waals surface area (Å²) in [5, 5.41) is 10.6. The van der Waals surface area contributed by atoms with Crippen LogP contribution in [0.1, 0.15) is 12.5 Å². The second-order valence-corrected chi connectivity index (χ2v) is 6.43. The van der Waals surface area contributed by atoms with Crippen LogP contribution in [-0.2, 0) is 9.59 Å². The number of nitrogens with zero attached hydrogens (tertiary/aromatic N) is 2. The van der Waals surface area contributed by atoms with Crippen LogP contribution in [0.3, 0.4) is 0 Å². The first-order valence-corrected chi connectivity index (χ1v) is 8.49. The van der Waals surface area contributed by atoms with Gasteiger partial charge in [-0.05, 0) is 18.2 Å². The van der Waals surface area contributed by atoms with Crippen LogP contribution < -0.4 is 10.6 Å².